The van der Waals surface area contributed by atoms with Crippen LogP contribution in [0.1, 0.15) is 0 Å². The summed E-state index contributed by atoms with van der Waals surface area (Å²) in [5, 5.41) is 26.3. The molecule has 0 saturated heterocycles. The highest BCUT2D eigenvalue weighted by Gasteiger charge is 2.14. The molecule has 0 spiro atoms. The Hall–Kier alpha value is -2.28. The Labute approximate surface area is 99.6 Å². The minimum absolute atomic E-state index is 0.246. The number of rotatable bonds is 1. The zero-order valence-electron chi connectivity index (χ0n) is 8.48. The van der Waals surface area contributed by atoms with Gasteiger partial charge in [0.05, 0.1) is 15.2 Å². The summed E-state index contributed by atoms with van der Waals surface area (Å²) in [7, 11) is 0. The Morgan fingerprint density at radius 2 is 2.06 bits per heavy atom. The zero-order chi connectivity index (χ0) is 11.8. The molecule has 1 aromatic carbocycles. The molecule has 0 N–H and O–H groups in total. The molecule has 84 valence electrons. The lowest BCUT2D eigenvalue weighted by Crippen LogP contribution is -2.40. The standard InChI is InChI=1S/C10H6N4O2S/c15-13-5-12-14(16)8-2-1-7(3-9(8)13)10-4-11-6-17-10/h1-6H. The van der Waals surface area contributed by atoms with E-state index in [1.165, 1.54) is 11.3 Å². The molecule has 0 amide bonds. The van der Waals surface area contributed by atoms with Gasteiger partial charge in [0.2, 0.25) is 10.6 Å². The SMILES string of the molecule is [O-][n+]1cn[n+]([O-])c2ccc(-c3cncs3)cc21. The molecule has 0 aliphatic rings. The molecule has 0 aliphatic heterocycles. The highest BCUT2D eigenvalue weighted by Crippen LogP contribution is 2.24. The number of fused-ring (bicyclic) bond motifs is 1. The van der Waals surface area contributed by atoms with Crippen LogP contribution < -0.4 is 9.58 Å². The summed E-state index contributed by atoms with van der Waals surface area (Å²) in [6.07, 6.45) is 2.67. The zero-order valence-corrected chi connectivity index (χ0v) is 9.29. The van der Waals surface area contributed by atoms with Crippen molar-refractivity contribution in [3.8, 4) is 10.4 Å². The first-order valence-electron chi connectivity index (χ1n) is 4.76. The van der Waals surface area contributed by atoms with Gasteiger partial charge in [-0.15, -0.1) is 11.3 Å². The molecule has 3 rings (SSSR count). The molecular weight excluding hydrogens is 240 g/mol. The third kappa shape index (κ3) is 1.56. The Bertz CT molecular complexity index is 684. The van der Waals surface area contributed by atoms with Crippen molar-refractivity contribution in [2.45, 2.75) is 0 Å². The van der Waals surface area contributed by atoms with Crippen molar-refractivity contribution >= 4 is 22.4 Å². The highest BCUT2D eigenvalue weighted by molar-refractivity contribution is 7.13. The minimum atomic E-state index is 0.246. The average molecular weight is 246 g/mol. The largest absolute Gasteiger partial charge is 0.710 e. The highest BCUT2D eigenvalue weighted by atomic mass is 32.1. The van der Waals surface area contributed by atoms with Gasteiger partial charge in [-0.1, -0.05) is 0 Å². The van der Waals surface area contributed by atoms with Crippen molar-refractivity contribution in [3.63, 3.8) is 0 Å². The van der Waals surface area contributed by atoms with Crippen molar-refractivity contribution in [3.05, 3.63) is 46.6 Å². The van der Waals surface area contributed by atoms with Gasteiger partial charge in [0.1, 0.15) is 0 Å². The van der Waals surface area contributed by atoms with E-state index in [0.29, 0.717) is 15.1 Å². The van der Waals surface area contributed by atoms with Gasteiger partial charge < -0.3 is 10.4 Å². The Balaban J connectivity index is 2.29. The van der Waals surface area contributed by atoms with E-state index in [2.05, 4.69) is 10.1 Å². The van der Waals surface area contributed by atoms with Gasteiger partial charge in [-0.25, -0.2) is 4.73 Å². The summed E-state index contributed by atoms with van der Waals surface area (Å²) in [5.41, 5.74) is 3.11. The van der Waals surface area contributed by atoms with Gasteiger partial charge in [0, 0.05) is 18.3 Å². The van der Waals surface area contributed by atoms with Crippen molar-refractivity contribution in [1.82, 2.24) is 10.1 Å². The second-order valence-corrected chi connectivity index (χ2v) is 4.29. The van der Waals surface area contributed by atoms with Crippen LogP contribution >= 0.6 is 11.3 Å². The van der Waals surface area contributed by atoms with E-state index in [9.17, 15) is 10.4 Å². The van der Waals surface area contributed by atoms with E-state index in [-0.39, 0.29) is 5.52 Å². The molecule has 0 saturated carbocycles. The summed E-state index contributed by atoms with van der Waals surface area (Å²) in [5.74, 6) is 0. The Kier molecular flexibility index (Phi) is 2.12. The number of thiazole rings is 1. The first-order valence-corrected chi connectivity index (χ1v) is 5.64. The second kappa shape index (κ2) is 3.63. The van der Waals surface area contributed by atoms with Crippen LogP contribution in [0.5, 0.6) is 0 Å². The van der Waals surface area contributed by atoms with Crippen molar-refractivity contribution in [2.75, 3.05) is 0 Å². The maximum Gasteiger partial charge on any atom is 0.365 e. The first kappa shape index (κ1) is 9.91. The van der Waals surface area contributed by atoms with Gasteiger partial charge in [-0.3, -0.25) is 4.98 Å². The van der Waals surface area contributed by atoms with Gasteiger partial charge in [0.15, 0.2) is 0 Å². The minimum Gasteiger partial charge on any atom is -0.710 e. The predicted octanol–water partition coefficient (Wildman–Crippen LogP) is 0.625. The molecule has 0 unspecified atom stereocenters. The van der Waals surface area contributed by atoms with Crippen molar-refractivity contribution in [2.24, 2.45) is 0 Å². The Morgan fingerprint density at radius 1 is 1.18 bits per heavy atom. The fraction of sp³-hybridized carbons (Fsp3) is 0. The van der Waals surface area contributed by atoms with Crippen LogP contribution in [0.25, 0.3) is 21.5 Å². The fourth-order valence-corrected chi connectivity index (χ4v) is 2.21. The monoisotopic (exact) mass is 246 g/mol. The van der Waals surface area contributed by atoms with Gasteiger partial charge >= 0.3 is 11.8 Å². The summed E-state index contributed by atoms with van der Waals surface area (Å²) >= 11 is 1.47. The van der Waals surface area contributed by atoms with Crippen LogP contribution in [0.2, 0.25) is 0 Å². The normalized spacial score (nSPS) is 10.8. The van der Waals surface area contributed by atoms with Crippen molar-refractivity contribution in [1.29, 1.82) is 0 Å². The quantitative estimate of drug-likeness (QED) is 0.466. The molecule has 0 radical (unpaired) electrons. The third-order valence-corrected chi connectivity index (χ3v) is 3.22. The maximum absolute atomic E-state index is 11.5. The molecule has 0 fully saturated rings. The molecule has 17 heavy (non-hydrogen) atoms. The van der Waals surface area contributed by atoms with E-state index in [4.69, 9.17) is 0 Å². The summed E-state index contributed by atoms with van der Waals surface area (Å²) in [6, 6.07) is 5.01. The van der Waals surface area contributed by atoms with Gasteiger partial charge in [0.25, 0.3) is 0 Å². The van der Waals surface area contributed by atoms with Gasteiger partial charge in [-0.2, -0.15) is 0 Å². The molecule has 2 aromatic heterocycles. The lowest BCUT2D eigenvalue weighted by atomic mass is 10.2. The summed E-state index contributed by atoms with van der Waals surface area (Å²) < 4.78 is 0.578. The number of nitrogens with zero attached hydrogens (tertiary/aromatic N) is 4. The number of aromatic nitrogens is 4. The summed E-state index contributed by atoms with van der Waals surface area (Å²) in [6.45, 7) is 0. The van der Waals surface area contributed by atoms with Crippen LogP contribution in [-0.4, -0.2) is 10.1 Å². The van der Waals surface area contributed by atoms with E-state index in [1.54, 1.807) is 29.9 Å². The molecule has 7 heteroatoms. The topological polar surface area (TPSA) is 79.7 Å². The maximum atomic E-state index is 11.5. The Morgan fingerprint density at radius 3 is 2.82 bits per heavy atom. The molecule has 6 nitrogen and oxygen atoms in total. The lowest BCUT2D eigenvalue weighted by molar-refractivity contribution is -0.680. The van der Waals surface area contributed by atoms with E-state index >= 15 is 0 Å². The van der Waals surface area contributed by atoms with Gasteiger partial charge in [-0.05, 0) is 11.6 Å². The molecular formula is C10H6N4O2S. The van der Waals surface area contributed by atoms with Crippen LogP contribution in [0, 0.1) is 10.4 Å². The predicted molar refractivity (Wildman–Crippen MR) is 60.8 cm³/mol. The van der Waals surface area contributed by atoms with E-state index in [0.717, 1.165) is 16.8 Å². The van der Waals surface area contributed by atoms with Crippen LogP contribution in [0.3, 0.4) is 0 Å². The van der Waals surface area contributed by atoms with E-state index < -0.39 is 0 Å². The van der Waals surface area contributed by atoms with Crippen LogP contribution in [0.15, 0.2) is 36.2 Å². The molecule has 0 bridgehead atoms. The average Bonchev–Trinajstić information content (AvgIpc) is 2.87. The fourth-order valence-electron chi connectivity index (χ4n) is 1.59. The second-order valence-electron chi connectivity index (χ2n) is 3.40. The van der Waals surface area contributed by atoms with Crippen LogP contribution in [0.4, 0.5) is 0 Å². The summed E-state index contributed by atoms with van der Waals surface area (Å²) in [4.78, 5) is 5.35. The molecule has 0 atom stereocenters. The first-order chi connectivity index (χ1) is 8.25. The molecule has 0 aliphatic carbocycles. The van der Waals surface area contributed by atoms with Crippen molar-refractivity contribution < 1.29 is 9.58 Å². The smallest absolute Gasteiger partial charge is 0.365 e. The number of hydrogen-bond donors (Lipinski definition) is 0. The third-order valence-electron chi connectivity index (χ3n) is 2.40. The number of benzene rings is 1. The lowest BCUT2D eigenvalue weighted by Gasteiger charge is -2.03. The van der Waals surface area contributed by atoms with Crippen LogP contribution in [-0.2, 0) is 0 Å². The van der Waals surface area contributed by atoms with E-state index in [1.807, 2.05) is 0 Å². The number of hydrogen-bond acceptors (Lipinski definition) is 5. The molecule has 3 aromatic rings. The molecule has 2 heterocycles.